The molecule has 2 aromatic heterocycles. The van der Waals surface area contributed by atoms with E-state index in [1.54, 1.807) is 29.3 Å². The molecule has 0 aliphatic carbocycles. The Morgan fingerprint density at radius 1 is 1.21 bits per heavy atom. The lowest BCUT2D eigenvalue weighted by Gasteiger charge is -2.06. The van der Waals surface area contributed by atoms with Gasteiger partial charge in [-0.3, -0.25) is 9.67 Å². The number of rotatable bonds is 4. The van der Waals surface area contributed by atoms with Gasteiger partial charge in [0.25, 0.3) is 0 Å². The van der Waals surface area contributed by atoms with Crippen LogP contribution in [-0.2, 0) is 6.54 Å². The van der Waals surface area contributed by atoms with Gasteiger partial charge in [-0.05, 0) is 30.3 Å². The first-order valence-electron chi connectivity index (χ1n) is 7.09. The summed E-state index contributed by atoms with van der Waals surface area (Å²) in [6, 6.07) is 9.63. The van der Waals surface area contributed by atoms with E-state index in [-0.39, 0.29) is 10.8 Å². The van der Waals surface area contributed by atoms with E-state index in [9.17, 15) is 9.90 Å². The summed E-state index contributed by atoms with van der Waals surface area (Å²) in [6.07, 6.45) is 4.97. The van der Waals surface area contributed by atoms with Crippen LogP contribution in [0.2, 0.25) is 5.02 Å². The number of anilines is 2. The van der Waals surface area contributed by atoms with E-state index in [0.717, 1.165) is 5.69 Å². The molecule has 0 atom stereocenters. The Labute approximate surface area is 142 Å². The lowest BCUT2D eigenvalue weighted by Crippen LogP contribution is -2.19. The molecule has 122 valence electrons. The summed E-state index contributed by atoms with van der Waals surface area (Å²) in [7, 11) is 0. The topological polar surface area (TPSA) is 92.1 Å². The van der Waals surface area contributed by atoms with Crippen LogP contribution in [0.15, 0.2) is 55.0 Å². The molecule has 0 aliphatic rings. The number of aromatic hydroxyl groups is 1. The van der Waals surface area contributed by atoms with Crippen LogP contribution in [0, 0.1) is 0 Å². The van der Waals surface area contributed by atoms with Crippen molar-refractivity contribution < 1.29 is 9.90 Å². The molecule has 3 aromatic rings. The molecule has 1 aromatic carbocycles. The van der Waals surface area contributed by atoms with E-state index in [0.29, 0.717) is 17.9 Å². The normalized spacial score (nSPS) is 10.4. The third-order valence-electron chi connectivity index (χ3n) is 3.15. The number of carbonyl (C=O) groups excluding carboxylic acids is 1. The molecular formula is C16H14ClN5O2. The Kier molecular flexibility index (Phi) is 4.62. The number of phenolic OH excluding ortho intramolecular Hbond substituents is 1. The van der Waals surface area contributed by atoms with Gasteiger partial charge in [-0.2, -0.15) is 5.10 Å². The number of benzene rings is 1. The number of hydrogen-bond donors (Lipinski definition) is 3. The fourth-order valence-electron chi connectivity index (χ4n) is 2.05. The third kappa shape index (κ3) is 4.02. The first-order valence-corrected chi connectivity index (χ1v) is 7.47. The van der Waals surface area contributed by atoms with Crippen molar-refractivity contribution in [2.75, 3.05) is 10.6 Å². The molecule has 0 spiro atoms. The van der Waals surface area contributed by atoms with Crippen molar-refractivity contribution >= 4 is 29.0 Å². The highest BCUT2D eigenvalue weighted by Gasteiger charge is 2.07. The molecule has 24 heavy (non-hydrogen) atoms. The second-order valence-corrected chi connectivity index (χ2v) is 5.40. The maximum Gasteiger partial charge on any atom is 0.323 e. The molecule has 0 saturated heterocycles. The number of hydrogen-bond acceptors (Lipinski definition) is 4. The number of halogens is 1. The summed E-state index contributed by atoms with van der Waals surface area (Å²) in [5, 5.41) is 19.0. The van der Waals surface area contributed by atoms with Crippen LogP contribution in [0.3, 0.4) is 0 Å². The second kappa shape index (κ2) is 7.01. The second-order valence-electron chi connectivity index (χ2n) is 4.99. The van der Waals surface area contributed by atoms with E-state index in [1.165, 1.54) is 12.1 Å². The smallest absolute Gasteiger partial charge is 0.323 e. The maximum atomic E-state index is 12.0. The quantitative estimate of drug-likeness (QED) is 0.633. The zero-order valence-corrected chi connectivity index (χ0v) is 13.2. The molecule has 0 radical (unpaired) electrons. The molecule has 0 unspecified atom stereocenters. The Balaban J connectivity index is 1.59. The van der Waals surface area contributed by atoms with Crippen LogP contribution >= 0.6 is 11.6 Å². The Morgan fingerprint density at radius 2 is 2.04 bits per heavy atom. The number of urea groups is 1. The van der Waals surface area contributed by atoms with Gasteiger partial charge in [-0.25, -0.2) is 4.79 Å². The number of phenols is 1. The molecule has 8 heteroatoms. The van der Waals surface area contributed by atoms with Crippen molar-refractivity contribution in [1.29, 1.82) is 0 Å². The average Bonchev–Trinajstić information content (AvgIpc) is 2.99. The number of amides is 2. The van der Waals surface area contributed by atoms with Crippen LogP contribution in [-0.4, -0.2) is 25.9 Å². The standard InChI is InChI=1S/C16H14ClN5O2/c17-14-7-11(4-5-15(14)23)20-16(24)21-13-8-19-22(10-13)9-12-3-1-2-6-18-12/h1-8,10,23H,9H2,(H2,20,21,24). The predicted molar refractivity (Wildman–Crippen MR) is 91.3 cm³/mol. The van der Waals surface area contributed by atoms with Crippen molar-refractivity contribution in [2.45, 2.75) is 6.54 Å². The molecule has 0 bridgehead atoms. The van der Waals surface area contributed by atoms with E-state index in [2.05, 4.69) is 20.7 Å². The number of nitrogens with zero attached hydrogens (tertiary/aromatic N) is 3. The summed E-state index contributed by atoms with van der Waals surface area (Å²) in [5.41, 5.74) is 1.89. The average molecular weight is 344 g/mol. The van der Waals surface area contributed by atoms with Crippen LogP contribution in [0.25, 0.3) is 0 Å². The van der Waals surface area contributed by atoms with Gasteiger partial charge in [-0.15, -0.1) is 0 Å². The number of pyridine rings is 1. The minimum atomic E-state index is -0.436. The van der Waals surface area contributed by atoms with E-state index in [4.69, 9.17) is 11.6 Å². The first-order chi connectivity index (χ1) is 11.6. The molecule has 0 saturated carbocycles. The summed E-state index contributed by atoms with van der Waals surface area (Å²) < 4.78 is 1.68. The molecule has 0 aliphatic heterocycles. The summed E-state index contributed by atoms with van der Waals surface area (Å²) in [5.74, 6) is -0.0431. The molecule has 3 N–H and O–H groups in total. The Morgan fingerprint density at radius 3 is 2.79 bits per heavy atom. The van der Waals surface area contributed by atoms with Gasteiger partial charge in [0.2, 0.25) is 0 Å². The van der Waals surface area contributed by atoms with Crippen molar-refractivity contribution in [2.24, 2.45) is 0 Å². The molecular weight excluding hydrogens is 330 g/mol. The monoisotopic (exact) mass is 343 g/mol. The largest absolute Gasteiger partial charge is 0.506 e. The van der Waals surface area contributed by atoms with Gasteiger partial charge in [-0.1, -0.05) is 17.7 Å². The van der Waals surface area contributed by atoms with E-state index < -0.39 is 6.03 Å². The van der Waals surface area contributed by atoms with Crippen LogP contribution in [0.5, 0.6) is 5.75 Å². The highest BCUT2D eigenvalue weighted by atomic mass is 35.5. The van der Waals surface area contributed by atoms with Crippen molar-refractivity contribution in [3.63, 3.8) is 0 Å². The van der Waals surface area contributed by atoms with E-state index >= 15 is 0 Å². The third-order valence-corrected chi connectivity index (χ3v) is 3.45. The zero-order valence-electron chi connectivity index (χ0n) is 12.5. The minimum Gasteiger partial charge on any atom is -0.506 e. The first kappa shape index (κ1) is 15.8. The lowest BCUT2D eigenvalue weighted by molar-refractivity contribution is 0.262. The molecule has 2 heterocycles. The number of carbonyl (C=O) groups is 1. The van der Waals surface area contributed by atoms with Gasteiger partial charge < -0.3 is 15.7 Å². The SMILES string of the molecule is O=C(Nc1ccc(O)c(Cl)c1)Nc1cnn(Cc2ccccn2)c1. The molecule has 2 amide bonds. The Hall–Kier alpha value is -3.06. The summed E-state index contributed by atoms with van der Waals surface area (Å²) >= 11 is 5.80. The minimum absolute atomic E-state index is 0.0431. The van der Waals surface area contributed by atoms with Gasteiger partial charge in [0.1, 0.15) is 5.75 Å². The molecule has 3 rings (SSSR count). The van der Waals surface area contributed by atoms with Crippen molar-refractivity contribution in [1.82, 2.24) is 14.8 Å². The van der Waals surface area contributed by atoms with Gasteiger partial charge in [0, 0.05) is 18.1 Å². The highest BCUT2D eigenvalue weighted by molar-refractivity contribution is 6.32. The molecule has 0 fully saturated rings. The van der Waals surface area contributed by atoms with Gasteiger partial charge >= 0.3 is 6.03 Å². The molecule has 7 nitrogen and oxygen atoms in total. The predicted octanol–water partition coefficient (Wildman–Crippen LogP) is 3.33. The fourth-order valence-corrected chi connectivity index (χ4v) is 2.23. The summed E-state index contributed by atoms with van der Waals surface area (Å²) in [6.45, 7) is 0.512. The van der Waals surface area contributed by atoms with Gasteiger partial charge in [0.05, 0.1) is 29.1 Å². The maximum absolute atomic E-state index is 12.0. The van der Waals surface area contributed by atoms with Crippen molar-refractivity contribution in [3.05, 3.63) is 65.7 Å². The van der Waals surface area contributed by atoms with Crippen LogP contribution < -0.4 is 10.6 Å². The fraction of sp³-hybridized carbons (Fsp3) is 0.0625. The Bertz CT molecular complexity index is 851. The summed E-state index contributed by atoms with van der Waals surface area (Å²) in [4.78, 5) is 16.2. The zero-order chi connectivity index (χ0) is 16.9. The van der Waals surface area contributed by atoms with Crippen molar-refractivity contribution in [3.8, 4) is 5.75 Å². The van der Waals surface area contributed by atoms with E-state index in [1.807, 2.05) is 18.2 Å². The lowest BCUT2D eigenvalue weighted by atomic mass is 10.3. The van der Waals surface area contributed by atoms with Crippen LogP contribution in [0.1, 0.15) is 5.69 Å². The highest BCUT2D eigenvalue weighted by Crippen LogP contribution is 2.26. The number of aromatic nitrogens is 3. The number of nitrogens with one attached hydrogen (secondary N) is 2. The van der Waals surface area contributed by atoms with Crippen LogP contribution in [0.4, 0.5) is 16.2 Å². The van der Waals surface area contributed by atoms with Gasteiger partial charge in [0.15, 0.2) is 0 Å².